The number of nitrogens with zero attached hydrogens (tertiary/aromatic N) is 5. The van der Waals surface area contributed by atoms with Crippen molar-refractivity contribution in [2.75, 3.05) is 5.32 Å². The molecule has 2 heterocycles. The van der Waals surface area contributed by atoms with Gasteiger partial charge in [0.2, 0.25) is 0 Å². The molecule has 0 aliphatic carbocycles. The van der Waals surface area contributed by atoms with E-state index >= 15 is 0 Å². The summed E-state index contributed by atoms with van der Waals surface area (Å²) in [4.78, 5) is 24.8. The molecule has 0 saturated carbocycles. The van der Waals surface area contributed by atoms with Gasteiger partial charge in [-0.15, -0.1) is 0 Å². The zero-order valence-corrected chi connectivity index (χ0v) is 12.8. The zero-order valence-electron chi connectivity index (χ0n) is 12.8. The van der Waals surface area contributed by atoms with Crippen molar-refractivity contribution in [3.05, 3.63) is 80.8 Å². The predicted molar refractivity (Wildman–Crippen MR) is 88.4 cm³/mol. The Labute approximate surface area is 141 Å². The summed E-state index contributed by atoms with van der Waals surface area (Å²) in [6.45, 7) is 0.283. The zero-order chi connectivity index (χ0) is 17.8. The molecule has 0 atom stereocenters. The van der Waals surface area contributed by atoms with Crippen LogP contribution in [0.3, 0.4) is 0 Å². The first kappa shape index (κ1) is 16.1. The fraction of sp³-hybridized carbons (Fsp3) is 0.0667. The van der Waals surface area contributed by atoms with Crippen molar-refractivity contribution in [1.82, 2.24) is 14.8 Å². The molecule has 126 valence electrons. The van der Waals surface area contributed by atoms with Crippen molar-refractivity contribution in [3.8, 4) is 5.82 Å². The molecule has 0 spiro atoms. The van der Waals surface area contributed by atoms with E-state index < -0.39 is 9.85 Å². The van der Waals surface area contributed by atoms with Crippen LogP contribution in [0.25, 0.3) is 5.82 Å². The van der Waals surface area contributed by atoms with Crippen molar-refractivity contribution in [3.63, 3.8) is 0 Å². The molecule has 1 N–H and O–H groups in total. The highest BCUT2D eigenvalue weighted by Gasteiger charge is 2.19. The number of nitro groups is 2. The fourth-order valence-electron chi connectivity index (χ4n) is 2.19. The van der Waals surface area contributed by atoms with E-state index in [1.807, 2.05) is 6.07 Å². The molecule has 0 amide bonds. The number of nitro benzene ring substituents is 2. The van der Waals surface area contributed by atoms with Crippen LogP contribution in [-0.4, -0.2) is 24.6 Å². The molecule has 3 aromatic rings. The first-order valence-electron chi connectivity index (χ1n) is 7.16. The lowest BCUT2D eigenvalue weighted by atomic mass is 10.2. The van der Waals surface area contributed by atoms with Crippen molar-refractivity contribution in [1.29, 1.82) is 0 Å². The molecule has 10 nitrogen and oxygen atoms in total. The van der Waals surface area contributed by atoms with Crippen molar-refractivity contribution < 1.29 is 9.85 Å². The van der Waals surface area contributed by atoms with Crippen LogP contribution in [0.5, 0.6) is 0 Å². The van der Waals surface area contributed by atoms with E-state index in [4.69, 9.17) is 0 Å². The fourth-order valence-corrected chi connectivity index (χ4v) is 2.19. The summed E-state index contributed by atoms with van der Waals surface area (Å²) in [7, 11) is 0. The van der Waals surface area contributed by atoms with Crippen LogP contribution in [0.1, 0.15) is 5.56 Å². The average Bonchev–Trinajstić information content (AvgIpc) is 3.14. The molecule has 0 saturated heterocycles. The quantitative estimate of drug-likeness (QED) is 0.539. The first-order chi connectivity index (χ1) is 12.0. The van der Waals surface area contributed by atoms with Crippen molar-refractivity contribution >= 4 is 17.1 Å². The topological polar surface area (TPSA) is 129 Å². The van der Waals surface area contributed by atoms with Crippen LogP contribution in [0.4, 0.5) is 17.1 Å². The number of anilines is 1. The summed E-state index contributed by atoms with van der Waals surface area (Å²) in [6.07, 6.45) is 5.03. The maximum atomic E-state index is 11.1. The molecule has 0 radical (unpaired) electrons. The van der Waals surface area contributed by atoms with Gasteiger partial charge in [0.25, 0.3) is 11.4 Å². The lowest BCUT2D eigenvalue weighted by Gasteiger charge is -2.08. The number of rotatable bonds is 6. The standard InChI is InChI=1S/C15H12N6O4/c22-20(23)12-3-4-13(14(8-12)21(24)25)16-9-11-2-5-15(17-10-11)19-7-1-6-18-19/h1-8,10,16H,9H2. The van der Waals surface area contributed by atoms with Gasteiger partial charge < -0.3 is 5.32 Å². The summed E-state index contributed by atoms with van der Waals surface area (Å²) in [5, 5.41) is 28.8. The molecular formula is C15H12N6O4. The number of hydrogen-bond acceptors (Lipinski definition) is 7. The van der Waals surface area contributed by atoms with Gasteiger partial charge >= 0.3 is 0 Å². The molecule has 10 heteroatoms. The summed E-state index contributed by atoms with van der Waals surface area (Å²) in [6, 6.07) is 8.84. The largest absolute Gasteiger partial charge is 0.375 e. The SMILES string of the molecule is O=[N+]([O-])c1ccc(NCc2ccc(-n3cccn3)nc2)c([N+](=O)[O-])c1. The second kappa shape index (κ2) is 6.74. The molecule has 1 aromatic carbocycles. The smallest absolute Gasteiger partial charge is 0.299 e. The van der Waals surface area contributed by atoms with Crippen LogP contribution in [0.2, 0.25) is 0 Å². The molecule has 2 aromatic heterocycles. The van der Waals surface area contributed by atoms with Crippen LogP contribution in [-0.2, 0) is 6.54 Å². The molecule has 25 heavy (non-hydrogen) atoms. The van der Waals surface area contributed by atoms with Crippen LogP contribution in [0.15, 0.2) is 55.0 Å². The van der Waals surface area contributed by atoms with Gasteiger partial charge in [-0.1, -0.05) is 6.07 Å². The average molecular weight is 340 g/mol. The van der Waals surface area contributed by atoms with E-state index in [0.29, 0.717) is 5.82 Å². The van der Waals surface area contributed by atoms with Gasteiger partial charge in [0.15, 0.2) is 5.82 Å². The minimum atomic E-state index is -0.672. The molecule has 0 bridgehead atoms. The van der Waals surface area contributed by atoms with Gasteiger partial charge in [-0.25, -0.2) is 9.67 Å². The van der Waals surface area contributed by atoms with Crippen LogP contribution >= 0.6 is 0 Å². The van der Waals surface area contributed by atoms with E-state index in [9.17, 15) is 20.2 Å². The lowest BCUT2D eigenvalue weighted by molar-refractivity contribution is -0.393. The van der Waals surface area contributed by atoms with Crippen molar-refractivity contribution in [2.24, 2.45) is 0 Å². The Morgan fingerprint density at radius 2 is 1.96 bits per heavy atom. The molecule has 0 unspecified atom stereocenters. The van der Waals surface area contributed by atoms with E-state index in [1.165, 1.54) is 12.1 Å². The minimum Gasteiger partial charge on any atom is -0.375 e. The number of pyridine rings is 1. The number of nitrogens with one attached hydrogen (secondary N) is 1. The Morgan fingerprint density at radius 3 is 2.56 bits per heavy atom. The molecule has 0 aliphatic heterocycles. The number of hydrogen-bond donors (Lipinski definition) is 1. The van der Waals surface area contributed by atoms with Crippen LogP contribution < -0.4 is 5.32 Å². The number of benzene rings is 1. The first-order valence-corrected chi connectivity index (χ1v) is 7.16. The number of aromatic nitrogens is 3. The van der Waals surface area contributed by atoms with Gasteiger partial charge in [-0.3, -0.25) is 20.2 Å². The van der Waals surface area contributed by atoms with Gasteiger partial charge in [0, 0.05) is 31.2 Å². The normalized spacial score (nSPS) is 10.4. The highest BCUT2D eigenvalue weighted by Crippen LogP contribution is 2.29. The van der Waals surface area contributed by atoms with E-state index in [0.717, 1.165) is 11.6 Å². The maximum Gasteiger partial charge on any atom is 0.299 e. The Kier molecular flexibility index (Phi) is 4.33. The molecular weight excluding hydrogens is 328 g/mol. The highest BCUT2D eigenvalue weighted by atomic mass is 16.6. The Hall–Kier alpha value is -3.82. The molecule has 0 fully saturated rings. The highest BCUT2D eigenvalue weighted by molar-refractivity contribution is 5.65. The second-order valence-electron chi connectivity index (χ2n) is 5.04. The summed E-state index contributed by atoms with van der Waals surface area (Å²) in [5.41, 5.74) is 0.313. The minimum absolute atomic E-state index is 0.201. The Morgan fingerprint density at radius 1 is 1.12 bits per heavy atom. The van der Waals surface area contributed by atoms with Gasteiger partial charge in [0.05, 0.1) is 15.9 Å². The maximum absolute atomic E-state index is 11.1. The molecule has 3 rings (SSSR count). The number of non-ortho nitro benzene ring substituents is 1. The lowest BCUT2D eigenvalue weighted by Crippen LogP contribution is -2.04. The van der Waals surface area contributed by atoms with E-state index in [-0.39, 0.29) is 23.6 Å². The summed E-state index contributed by atoms with van der Waals surface area (Å²) >= 11 is 0. The van der Waals surface area contributed by atoms with E-state index in [1.54, 1.807) is 35.4 Å². The predicted octanol–water partition coefficient (Wildman–Crippen LogP) is 2.70. The summed E-state index contributed by atoms with van der Waals surface area (Å²) < 4.78 is 1.61. The summed E-state index contributed by atoms with van der Waals surface area (Å²) in [5.74, 6) is 0.648. The Balaban J connectivity index is 1.75. The monoisotopic (exact) mass is 340 g/mol. The van der Waals surface area contributed by atoms with E-state index in [2.05, 4.69) is 15.4 Å². The van der Waals surface area contributed by atoms with Crippen LogP contribution in [0, 0.1) is 20.2 Å². The molecule has 0 aliphatic rings. The Bertz CT molecular complexity index is 908. The third-order valence-electron chi connectivity index (χ3n) is 3.42. The van der Waals surface area contributed by atoms with Crippen molar-refractivity contribution in [2.45, 2.75) is 6.54 Å². The third kappa shape index (κ3) is 3.58. The second-order valence-corrected chi connectivity index (χ2v) is 5.04. The van der Waals surface area contributed by atoms with Gasteiger partial charge in [0.1, 0.15) is 5.69 Å². The van der Waals surface area contributed by atoms with Gasteiger partial charge in [-0.2, -0.15) is 5.10 Å². The third-order valence-corrected chi connectivity index (χ3v) is 3.42. The van der Waals surface area contributed by atoms with Gasteiger partial charge in [-0.05, 0) is 23.8 Å².